The van der Waals surface area contributed by atoms with Gasteiger partial charge in [0.25, 0.3) is 17.4 Å². The number of alkyl halides is 3. The fourth-order valence-corrected chi connectivity index (χ4v) is 5.75. The third-order valence-electron chi connectivity index (χ3n) is 8.13. The number of hydrogen-bond donors (Lipinski definition) is 1. The SMILES string of the molecule is Cc1nc(N2CCC(CC3CCN(C(=O)[C@](O)(c4ccccc4)C(F)(F)F)CC3)CC2)ccc1C(=O)N(C)C. The summed E-state index contributed by atoms with van der Waals surface area (Å²) in [7, 11) is 3.44. The maximum absolute atomic E-state index is 13.9. The lowest BCUT2D eigenvalue weighted by atomic mass is 9.82. The largest absolute Gasteiger partial charge is 0.430 e. The van der Waals surface area contributed by atoms with E-state index in [-0.39, 0.29) is 19.0 Å². The minimum absolute atomic E-state index is 0.0684. The van der Waals surface area contributed by atoms with E-state index in [0.717, 1.165) is 55.2 Å². The molecule has 1 N–H and O–H groups in total. The van der Waals surface area contributed by atoms with Crippen molar-refractivity contribution in [2.45, 2.75) is 50.8 Å². The average molecular weight is 547 g/mol. The summed E-state index contributed by atoms with van der Waals surface area (Å²) >= 11 is 0. The van der Waals surface area contributed by atoms with Gasteiger partial charge in [0.1, 0.15) is 5.82 Å². The number of nitrogens with zero attached hydrogens (tertiary/aromatic N) is 4. The number of piperidine rings is 2. The Morgan fingerprint density at radius 1 is 0.949 bits per heavy atom. The third-order valence-corrected chi connectivity index (χ3v) is 8.13. The zero-order chi connectivity index (χ0) is 28.4. The van der Waals surface area contributed by atoms with E-state index in [1.165, 1.54) is 17.0 Å². The molecule has 2 amide bonds. The van der Waals surface area contributed by atoms with Crippen LogP contribution in [0.4, 0.5) is 19.0 Å². The maximum Gasteiger partial charge on any atom is 0.430 e. The molecule has 2 aromatic rings. The molecule has 10 heteroatoms. The van der Waals surface area contributed by atoms with Gasteiger partial charge in [0.15, 0.2) is 0 Å². The second-order valence-electron chi connectivity index (χ2n) is 11.0. The van der Waals surface area contributed by atoms with Gasteiger partial charge in [-0.05, 0) is 63.0 Å². The quantitative estimate of drug-likeness (QED) is 0.582. The number of likely N-dealkylation sites (tertiary alicyclic amines) is 1. The summed E-state index contributed by atoms with van der Waals surface area (Å²) in [6, 6.07) is 10.3. The zero-order valence-electron chi connectivity index (χ0n) is 22.7. The number of benzene rings is 1. The Labute approximate surface area is 227 Å². The molecule has 0 spiro atoms. The van der Waals surface area contributed by atoms with Crippen molar-refractivity contribution < 1.29 is 27.9 Å². The summed E-state index contributed by atoms with van der Waals surface area (Å²) in [5.41, 5.74) is -2.70. The Balaban J connectivity index is 1.29. The van der Waals surface area contributed by atoms with Gasteiger partial charge in [-0.25, -0.2) is 4.98 Å². The third kappa shape index (κ3) is 6.05. The number of halogens is 3. The van der Waals surface area contributed by atoms with Gasteiger partial charge in [-0.3, -0.25) is 9.59 Å². The number of carbonyl (C=O) groups excluding carboxylic acids is 2. The highest BCUT2D eigenvalue weighted by atomic mass is 19.4. The fraction of sp³-hybridized carbons (Fsp3) is 0.552. The first-order valence-corrected chi connectivity index (χ1v) is 13.5. The number of hydrogen-bond acceptors (Lipinski definition) is 5. The summed E-state index contributed by atoms with van der Waals surface area (Å²) in [4.78, 5) is 34.9. The molecule has 1 atom stereocenters. The molecule has 3 heterocycles. The van der Waals surface area contributed by atoms with Crippen LogP contribution in [0.2, 0.25) is 0 Å². The minimum Gasteiger partial charge on any atom is -0.369 e. The monoisotopic (exact) mass is 546 g/mol. The van der Waals surface area contributed by atoms with Gasteiger partial charge >= 0.3 is 6.18 Å². The van der Waals surface area contributed by atoms with Crippen LogP contribution in [0.5, 0.6) is 0 Å². The highest BCUT2D eigenvalue weighted by molar-refractivity contribution is 5.95. The normalized spacial score (nSPS) is 19.1. The zero-order valence-corrected chi connectivity index (χ0v) is 22.7. The number of amides is 2. The van der Waals surface area contributed by atoms with Gasteiger partial charge in [0, 0.05) is 45.8 Å². The fourth-order valence-electron chi connectivity index (χ4n) is 5.75. The van der Waals surface area contributed by atoms with Crippen molar-refractivity contribution in [3.63, 3.8) is 0 Å². The molecule has 1 aromatic heterocycles. The van der Waals surface area contributed by atoms with E-state index in [1.54, 1.807) is 20.2 Å². The van der Waals surface area contributed by atoms with Gasteiger partial charge in [-0.2, -0.15) is 13.2 Å². The number of aromatic nitrogens is 1. The first kappa shape index (κ1) is 28.9. The summed E-state index contributed by atoms with van der Waals surface area (Å²) in [5, 5.41) is 10.6. The van der Waals surface area contributed by atoms with Gasteiger partial charge in [0.2, 0.25) is 0 Å². The summed E-state index contributed by atoms with van der Waals surface area (Å²) in [6.45, 7) is 3.96. The van der Waals surface area contributed by atoms with Gasteiger partial charge in [-0.15, -0.1) is 0 Å². The minimum atomic E-state index is -5.12. The van der Waals surface area contributed by atoms with Crippen LogP contribution in [-0.4, -0.2) is 78.2 Å². The molecule has 4 rings (SSSR count). The summed E-state index contributed by atoms with van der Waals surface area (Å²) < 4.78 is 41.8. The molecular formula is C29H37F3N4O3. The van der Waals surface area contributed by atoms with Crippen LogP contribution in [0.3, 0.4) is 0 Å². The maximum atomic E-state index is 13.9. The molecule has 1 aromatic carbocycles. The predicted molar refractivity (Wildman–Crippen MR) is 142 cm³/mol. The first-order valence-electron chi connectivity index (χ1n) is 13.5. The lowest BCUT2D eigenvalue weighted by molar-refractivity contribution is -0.262. The molecular weight excluding hydrogens is 509 g/mol. The van der Waals surface area contributed by atoms with Gasteiger partial charge in [-0.1, -0.05) is 30.3 Å². The van der Waals surface area contributed by atoms with Gasteiger partial charge < -0.3 is 19.8 Å². The number of anilines is 1. The van der Waals surface area contributed by atoms with Crippen LogP contribution >= 0.6 is 0 Å². The molecule has 2 aliphatic rings. The summed E-state index contributed by atoms with van der Waals surface area (Å²) in [5.74, 6) is 0.331. The van der Waals surface area contributed by atoms with Crippen molar-refractivity contribution in [1.29, 1.82) is 0 Å². The number of pyridine rings is 1. The predicted octanol–water partition coefficient (Wildman–Crippen LogP) is 4.39. The highest BCUT2D eigenvalue weighted by Gasteiger charge is 2.62. The molecule has 39 heavy (non-hydrogen) atoms. The lowest BCUT2D eigenvalue weighted by Crippen LogP contribution is -2.57. The average Bonchev–Trinajstić information content (AvgIpc) is 2.92. The molecule has 2 saturated heterocycles. The van der Waals surface area contributed by atoms with E-state index < -0.39 is 23.2 Å². The molecule has 0 saturated carbocycles. The number of aryl methyl sites for hydroxylation is 1. The van der Waals surface area contributed by atoms with Crippen LogP contribution in [0.15, 0.2) is 42.5 Å². The van der Waals surface area contributed by atoms with E-state index in [2.05, 4.69) is 9.88 Å². The molecule has 0 aliphatic carbocycles. The Kier molecular flexibility index (Phi) is 8.54. The number of carbonyl (C=O) groups is 2. The van der Waals surface area contributed by atoms with Crippen molar-refractivity contribution in [3.05, 3.63) is 59.3 Å². The molecule has 212 valence electrons. The molecule has 2 fully saturated rings. The van der Waals surface area contributed by atoms with Crippen LogP contribution < -0.4 is 4.90 Å². The molecule has 0 radical (unpaired) electrons. The van der Waals surface area contributed by atoms with E-state index in [4.69, 9.17) is 0 Å². The van der Waals surface area contributed by atoms with Crippen molar-refractivity contribution in [1.82, 2.24) is 14.8 Å². The molecule has 0 bridgehead atoms. The van der Waals surface area contributed by atoms with Crippen molar-refractivity contribution in [3.8, 4) is 0 Å². The Morgan fingerprint density at radius 3 is 2.03 bits per heavy atom. The number of rotatable bonds is 6. The Hall–Kier alpha value is -3.14. The van der Waals surface area contributed by atoms with E-state index in [1.807, 2.05) is 19.1 Å². The van der Waals surface area contributed by atoms with Crippen LogP contribution in [0, 0.1) is 18.8 Å². The Morgan fingerprint density at radius 2 is 1.51 bits per heavy atom. The standard InChI is InChI=1S/C29H37F3N4O3/c1-20-24(26(37)34(2)3)9-10-25(33-20)35-15-11-21(12-16-35)19-22-13-17-36(18-14-22)27(38)28(39,29(30,31)32)23-7-5-4-6-8-23/h4-10,21-22,39H,11-19H2,1-3H3/t28-/m1/s1. The van der Waals surface area contributed by atoms with Crippen molar-refractivity contribution >= 4 is 17.6 Å². The topological polar surface area (TPSA) is 77.0 Å². The lowest BCUT2D eigenvalue weighted by Gasteiger charge is -2.40. The first-order chi connectivity index (χ1) is 18.4. The Bertz CT molecular complexity index is 1160. The van der Waals surface area contributed by atoms with Crippen LogP contribution in [0.25, 0.3) is 0 Å². The van der Waals surface area contributed by atoms with Crippen molar-refractivity contribution in [2.75, 3.05) is 45.2 Å². The van der Waals surface area contributed by atoms with E-state index >= 15 is 0 Å². The van der Waals surface area contributed by atoms with Gasteiger partial charge in [0.05, 0.1) is 11.3 Å². The second-order valence-corrected chi connectivity index (χ2v) is 11.0. The molecule has 2 aliphatic heterocycles. The smallest absolute Gasteiger partial charge is 0.369 e. The van der Waals surface area contributed by atoms with Crippen molar-refractivity contribution in [2.24, 2.45) is 11.8 Å². The second kappa shape index (κ2) is 11.5. The molecule has 0 unspecified atom stereocenters. The summed E-state index contributed by atoms with van der Waals surface area (Å²) in [6.07, 6.45) is -0.930. The van der Waals surface area contributed by atoms with Crippen LogP contribution in [-0.2, 0) is 10.4 Å². The van der Waals surface area contributed by atoms with E-state index in [9.17, 15) is 27.9 Å². The van der Waals surface area contributed by atoms with E-state index in [0.29, 0.717) is 35.9 Å². The highest BCUT2D eigenvalue weighted by Crippen LogP contribution is 2.41. The van der Waals surface area contributed by atoms with Crippen LogP contribution in [0.1, 0.15) is 53.7 Å². The number of aliphatic hydroxyl groups is 1. The molecule has 7 nitrogen and oxygen atoms in total.